The van der Waals surface area contributed by atoms with Crippen molar-refractivity contribution in [2.45, 2.75) is 12.8 Å². The van der Waals surface area contributed by atoms with Crippen LogP contribution in [0.2, 0.25) is 0 Å². The van der Waals surface area contributed by atoms with Crippen LogP contribution in [0.3, 0.4) is 0 Å². The van der Waals surface area contributed by atoms with E-state index in [1.54, 1.807) is 6.07 Å². The molecule has 1 nitrogen and oxygen atoms in total. The third kappa shape index (κ3) is 1.64. The van der Waals surface area contributed by atoms with Crippen molar-refractivity contribution < 1.29 is 8.78 Å². The smallest absolute Gasteiger partial charge is 0.160 e. The second kappa shape index (κ2) is 3.32. The second-order valence-corrected chi connectivity index (χ2v) is 3.29. The number of hydrogen-bond donors (Lipinski definition) is 0. The average Bonchev–Trinajstić information content (AvgIpc) is 2.62. The first-order chi connectivity index (χ1) is 6.27. The van der Waals surface area contributed by atoms with Crippen LogP contribution in [0, 0.1) is 11.6 Å². The van der Waals surface area contributed by atoms with Gasteiger partial charge in [-0.3, -0.25) is 0 Å². The molecule has 0 radical (unpaired) electrons. The van der Waals surface area contributed by atoms with E-state index in [2.05, 4.69) is 4.90 Å². The number of anilines is 1. The molecule has 0 aliphatic carbocycles. The van der Waals surface area contributed by atoms with E-state index in [1.807, 2.05) is 0 Å². The molecule has 1 saturated heterocycles. The quantitative estimate of drug-likeness (QED) is 0.646. The maximum Gasteiger partial charge on any atom is 0.160 e. The predicted octanol–water partition coefficient (Wildman–Crippen LogP) is 2.57. The molecule has 1 aliphatic heterocycles. The normalized spacial score (nSPS) is 16.6. The summed E-state index contributed by atoms with van der Waals surface area (Å²) in [5, 5.41) is 0. The van der Waals surface area contributed by atoms with E-state index in [1.165, 1.54) is 12.1 Å². The summed E-state index contributed by atoms with van der Waals surface area (Å²) in [5.41, 5.74) is 0.788. The summed E-state index contributed by atoms with van der Waals surface area (Å²) in [6.07, 6.45) is 2.28. The summed E-state index contributed by atoms with van der Waals surface area (Å²) < 4.78 is 25.4. The summed E-state index contributed by atoms with van der Waals surface area (Å²) >= 11 is 0. The van der Waals surface area contributed by atoms with Gasteiger partial charge < -0.3 is 4.90 Å². The van der Waals surface area contributed by atoms with E-state index in [0.29, 0.717) is 0 Å². The van der Waals surface area contributed by atoms with Gasteiger partial charge in [0.25, 0.3) is 0 Å². The van der Waals surface area contributed by atoms with E-state index < -0.39 is 11.6 Å². The Balaban J connectivity index is 2.25. The van der Waals surface area contributed by atoms with E-state index in [9.17, 15) is 8.78 Å². The van der Waals surface area contributed by atoms with E-state index >= 15 is 0 Å². The highest BCUT2D eigenvalue weighted by Gasteiger charge is 2.13. The zero-order valence-corrected chi connectivity index (χ0v) is 7.26. The lowest BCUT2D eigenvalue weighted by Gasteiger charge is -2.17. The van der Waals surface area contributed by atoms with Crippen molar-refractivity contribution in [2.75, 3.05) is 18.0 Å². The van der Waals surface area contributed by atoms with Crippen LogP contribution in [0.15, 0.2) is 18.2 Å². The zero-order valence-electron chi connectivity index (χ0n) is 7.26. The minimum absolute atomic E-state index is 0.760. The minimum atomic E-state index is -0.775. The molecule has 0 amide bonds. The Morgan fingerprint density at radius 1 is 1.00 bits per heavy atom. The van der Waals surface area contributed by atoms with Gasteiger partial charge in [0.1, 0.15) is 0 Å². The van der Waals surface area contributed by atoms with E-state index in [4.69, 9.17) is 0 Å². The van der Waals surface area contributed by atoms with Crippen molar-refractivity contribution in [3.8, 4) is 0 Å². The van der Waals surface area contributed by atoms with E-state index in [-0.39, 0.29) is 0 Å². The molecular formula is C10H11F2N. The van der Waals surface area contributed by atoms with Crippen molar-refractivity contribution in [3.05, 3.63) is 29.8 Å². The van der Waals surface area contributed by atoms with Crippen LogP contribution >= 0.6 is 0 Å². The Labute approximate surface area is 76.0 Å². The summed E-state index contributed by atoms with van der Waals surface area (Å²) in [7, 11) is 0. The monoisotopic (exact) mass is 183 g/mol. The molecule has 13 heavy (non-hydrogen) atoms. The summed E-state index contributed by atoms with van der Waals surface area (Å²) in [6, 6.07) is 4.08. The highest BCUT2D eigenvalue weighted by atomic mass is 19.2. The fourth-order valence-corrected chi connectivity index (χ4v) is 1.66. The number of benzene rings is 1. The molecule has 0 spiro atoms. The lowest BCUT2D eigenvalue weighted by Crippen LogP contribution is -2.17. The number of nitrogens with zero attached hydrogens (tertiary/aromatic N) is 1. The molecule has 2 rings (SSSR count). The molecule has 1 aromatic rings. The standard InChI is InChI=1S/C10H11F2N/c11-9-4-3-8(7-10(9)12)13-5-1-2-6-13/h3-4,7H,1-2,5-6H2. The summed E-state index contributed by atoms with van der Waals surface area (Å²) in [6.45, 7) is 1.90. The van der Waals surface area contributed by atoms with Gasteiger partial charge in [0, 0.05) is 24.8 Å². The first-order valence-corrected chi connectivity index (χ1v) is 4.47. The van der Waals surface area contributed by atoms with Crippen LogP contribution in [0.1, 0.15) is 12.8 Å². The van der Waals surface area contributed by atoms with Crippen molar-refractivity contribution >= 4 is 5.69 Å². The van der Waals surface area contributed by atoms with Gasteiger partial charge in [-0.25, -0.2) is 8.78 Å². The van der Waals surface area contributed by atoms with Crippen molar-refractivity contribution in [1.82, 2.24) is 0 Å². The topological polar surface area (TPSA) is 3.24 Å². The Kier molecular flexibility index (Phi) is 2.17. The van der Waals surface area contributed by atoms with Crippen LogP contribution < -0.4 is 4.90 Å². The first-order valence-electron chi connectivity index (χ1n) is 4.47. The van der Waals surface area contributed by atoms with Crippen LogP contribution in [0.4, 0.5) is 14.5 Å². The van der Waals surface area contributed by atoms with Crippen LogP contribution in [-0.4, -0.2) is 13.1 Å². The fourth-order valence-electron chi connectivity index (χ4n) is 1.66. The molecule has 3 heteroatoms. The fraction of sp³-hybridized carbons (Fsp3) is 0.400. The van der Waals surface area contributed by atoms with Crippen molar-refractivity contribution in [3.63, 3.8) is 0 Å². The first kappa shape index (κ1) is 8.48. The molecule has 0 atom stereocenters. The molecule has 1 heterocycles. The summed E-state index contributed by atoms with van der Waals surface area (Å²) in [5.74, 6) is -1.53. The van der Waals surface area contributed by atoms with Gasteiger partial charge in [0.05, 0.1) is 0 Å². The van der Waals surface area contributed by atoms with Crippen molar-refractivity contribution in [1.29, 1.82) is 0 Å². The van der Waals surface area contributed by atoms with Gasteiger partial charge in [-0.2, -0.15) is 0 Å². The number of rotatable bonds is 1. The lowest BCUT2D eigenvalue weighted by molar-refractivity contribution is 0.508. The van der Waals surface area contributed by atoms with Gasteiger partial charge in [-0.1, -0.05) is 0 Å². The second-order valence-electron chi connectivity index (χ2n) is 3.29. The third-order valence-electron chi connectivity index (χ3n) is 2.37. The average molecular weight is 183 g/mol. The highest BCUT2D eigenvalue weighted by molar-refractivity contribution is 5.47. The maximum atomic E-state index is 12.8. The van der Waals surface area contributed by atoms with Gasteiger partial charge >= 0.3 is 0 Å². The highest BCUT2D eigenvalue weighted by Crippen LogP contribution is 2.21. The van der Waals surface area contributed by atoms with Crippen LogP contribution in [0.5, 0.6) is 0 Å². The lowest BCUT2D eigenvalue weighted by atomic mass is 10.3. The third-order valence-corrected chi connectivity index (χ3v) is 2.37. The molecule has 1 aromatic carbocycles. The Morgan fingerprint density at radius 2 is 1.69 bits per heavy atom. The molecule has 0 aromatic heterocycles. The summed E-state index contributed by atoms with van der Waals surface area (Å²) in [4.78, 5) is 2.07. The van der Waals surface area contributed by atoms with Crippen LogP contribution in [0.25, 0.3) is 0 Å². The van der Waals surface area contributed by atoms with Gasteiger partial charge in [-0.05, 0) is 25.0 Å². The SMILES string of the molecule is Fc1ccc(N2CCCC2)cc1F. The molecule has 70 valence electrons. The molecular weight excluding hydrogens is 172 g/mol. The Hall–Kier alpha value is -1.12. The molecule has 0 N–H and O–H groups in total. The van der Waals surface area contributed by atoms with E-state index in [0.717, 1.165) is 31.6 Å². The largest absolute Gasteiger partial charge is 0.371 e. The Bertz CT molecular complexity index is 306. The molecule has 1 fully saturated rings. The van der Waals surface area contributed by atoms with Gasteiger partial charge in [0.15, 0.2) is 11.6 Å². The minimum Gasteiger partial charge on any atom is -0.371 e. The molecule has 1 aliphatic rings. The number of halogens is 2. The molecule has 0 saturated carbocycles. The maximum absolute atomic E-state index is 12.8. The number of hydrogen-bond acceptors (Lipinski definition) is 1. The predicted molar refractivity (Wildman–Crippen MR) is 47.8 cm³/mol. The molecule has 0 unspecified atom stereocenters. The Morgan fingerprint density at radius 3 is 2.31 bits per heavy atom. The van der Waals surface area contributed by atoms with Gasteiger partial charge in [0.2, 0.25) is 0 Å². The van der Waals surface area contributed by atoms with Gasteiger partial charge in [-0.15, -0.1) is 0 Å². The van der Waals surface area contributed by atoms with Crippen LogP contribution in [-0.2, 0) is 0 Å². The molecule has 0 bridgehead atoms. The zero-order chi connectivity index (χ0) is 9.26. The van der Waals surface area contributed by atoms with Crippen molar-refractivity contribution in [2.24, 2.45) is 0 Å².